The van der Waals surface area contributed by atoms with Crippen molar-refractivity contribution in [3.63, 3.8) is 0 Å². The number of aryl methyl sites for hydroxylation is 2. The van der Waals surface area contributed by atoms with Crippen molar-refractivity contribution in [2.75, 3.05) is 0 Å². The standard InChI is InChI=1S/C13H12N2O3S2/c1-8-3-4-12-11(5-8)14-13(19-12)20(16,17)7-10-6-9(2)18-15-10/h3-6H,7H2,1-2H3. The number of hydrogen-bond acceptors (Lipinski definition) is 6. The van der Waals surface area contributed by atoms with E-state index in [1.165, 1.54) is 11.3 Å². The van der Waals surface area contributed by atoms with Crippen LogP contribution in [0.2, 0.25) is 0 Å². The molecule has 20 heavy (non-hydrogen) atoms. The molecule has 0 unspecified atom stereocenters. The van der Waals surface area contributed by atoms with Gasteiger partial charge in [-0.05, 0) is 31.5 Å². The van der Waals surface area contributed by atoms with E-state index in [2.05, 4.69) is 10.1 Å². The Hall–Kier alpha value is -1.73. The monoisotopic (exact) mass is 308 g/mol. The molecule has 1 aromatic carbocycles. The molecule has 0 saturated heterocycles. The average Bonchev–Trinajstić information content (AvgIpc) is 2.95. The number of rotatable bonds is 3. The van der Waals surface area contributed by atoms with Crippen molar-refractivity contribution in [1.29, 1.82) is 0 Å². The van der Waals surface area contributed by atoms with Crippen molar-refractivity contribution in [2.45, 2.75) is 23.9 Å². The van der Waals surface area contributed by atoms with Crippen molar-refractivity contribution < 1.29 is 12.9 Å². The van der Waals surface area contributed by atoms with Gasteiger partial charge in [-0.25, -0.2) is 13.4 Å². The van der Waals surface area contributed by atoms with Gasteiger partial charge in [0.15, 0.2) is 0 Å². The molecule has 0 aliphatic carbocycles. The highest BCUT2D eigenvalue weighted by molar-refractivity contribution is 7.92. The van der Waals surface area contributed by atoms with E-state index >= 15 is 0 Å². The molecule has 3 aromatic rings. The molecular formula is C13H12N2O3S2. The van der Waals surface area contributed by atoms with Crippen molar-refractivity contribution in [2.24, 2.45) is 0 Å². The Morgan fingerprint density at radius 2 is 2.05 bits per heavy atom. The number of benzene rings is 1. The highest BCUT2D eigenvalue weighted by Gasteiger charge is 2.22. The third-order valence-electron chi connectivity index (χ3n) is 2.80. The summed E-state index contributed by atoms with van der Waals surface area (Å²) >= 11 is 1.18. The maximum Gasteiger partial charge on any atom is 0.211 e. The molecule has 0 aliphatic rings. The Balaban J connectivity index is 2.00. The lowest BCUT2D eigenvalue weighted by Gasteiger charge is -1.95. The second-order valence-corrected chi connectivity index (χ2v) is 7.83. The van der Waals surface area contributed by atoms with Crippen LogP contribution >= 0.6 is 11.3 Å². The number of fused-ring (bicyclic) bond motifs is 1. The minimum Gasteiger partial charge on any atom is -0.361 e. The second-order valence-electron chi connectivity index (χ2n) is 4.64. The Morgan fingerprint density at radius 1 is 1.25 bits per heavy atom. The number of nitrogens with zero attached hydrogens (tertiary/aromatic N) is 2. The van der Waals surface area contributed by atoms with Gasteiger partial charge in [0.25, 0.3) is 0 Å². The summed E-state index contributed by atoms with van der Waals surface area (Å²) in [4.78, 5) is 4.22. The van der Waals surface area contributed by atoms with Gasteiger partial charge >= 0.3 is 0 Å². The van der Waals surface area contributed by atoms with Crippen LogP contribution in [-0.4, -0.2) is 18.6 Å². The van der Waals surface area contributed by atoms with Gasteiger partial charge in [0, 0.05) is 6.07 Å². The molecule has 104 valence electrons. The smallest absolute Gasteiger partial charge is 0.211 e. The van der Waals surface area contributed by atoms with Crippen LogP contribution in [0.3, 0.4) is 0 Å². The maximum atomic E-state index is 12.3. The van der Waals surface area contributed by atoms with E-state index in [0.29, 0.717) is 17.0 Å². The van der Waals surface area contributed by atoms with Gasteiger partial charge in [-0.2, -0.15) is 0 Å². The molecule has 0 radical (unpaired) electrons. The van der Waals surface area contributed by atoms with Gasteiger partial charge in [-0.3, -0.25) is 0 Å². The SMILES string of the molecule is Cc1ccc2sc(S(=O)(=O)Cc3cc(C)on3)nc2c1. The number of thiazole rings is 1. The number of hydrogen-bond donors (Lipinski definition) is 0. The third-order valence-corrected chi connectivity index (χ3v) is 5.95. The van der Waals surface area contributed by atoms with Crippen LogP contribution in [0.25, 0.3) is 10.2 Å². The minimum atomic E-state index is -3.49. The van der Waals surface area contributed by atoms with Crippen LogP contribution in [0.15, 0.2) is 33.1 Å². The summed E-state index contributed by atoms with van der Waals surface area (Å²) in [7, 11) is -3.49. The molecule has 2 aromatic heterocycles. The first-order valence-corrected chi connectivity index (χ1v) is 8.43. The summed E-state index contributed by atoms with van der Waals surface area (Å²) in [6.45, 7) is 3.68. The van der Waals surface area contributed by atoms with E-state index in [1.807, 2.05) is 25.1 Å². The van der Waals surface area contributed by atoms with Crippen LogP contribution in [0, 0.1) is 13.8 Å². The Bertz CT molecular complexity index is 878. The molecule has 3 rings (SSSR count). The van der Waals surface area contributed by atoms with Crippen molar-refractivity contribution in [3.05, 3.63) is 41.3 Å². The fourth-order valence-corrected chi connectivity index (χ4v) is 4.41. The Kier molecular flexibility index (Phi) is 3.10. The van der Waals surface area contributed by atoms with Crippen LogP contribution in [-0.2, 0) is 15.6 Å². The van der Waals surface area contributed by atoms with Crippen molar-refractivity contribution >= 4 is 31.4 Å². The van der Waals surface area contributed by atoms with E-state index in [0.717, 1.165) is 10.3 Å². The third kappa shape index (κ3) is 2.46. The minimum absolute atomic E-state index is 0.124. The highest BCUT2D eigenvalue weighted by Crippen LogP contribution is 2.28. The molecule has 0 aliphatic heterocycles. The largest absolute Gasteiger partial charge is 0.361 e. The fraction of sp³-hybridized carbons (Fsp3) is 0.231. The molecule has 0 N–H and O–H groups in total. The zero-order chi connectivity index (χ0) is 14.3. The van der Waals surface area contributed by atoms with Crippen LogP contribution in [0.1, 0.15) is 17.0 Å². The molecule has 0 amide bonds. The van der Waals surface area contributed by atoms with Crippen LogP contribution in [0.4, 0.5) is 0 Å². The van der Waals surface area contributed by atoms with Gasteiger partial charge < -0.3 is 4.52 Å². The maximum absolute atomic E-state index is 12.3. The van der Waals surface area contributed by atoms with Gasteiger partial charge in [0.2, 0.25) is 14.2 Å². The van der Waals surface area contributed by atoms with E-state index in [4.69, 9.17) is 4.52 Å². The van der Waals surface area contributed by atoms with E-state index < -0.39 is 9.84 Å². The predicted molar refractivity (Wildman–Crippen MR) is 76.5 cm³/mol. The summed E-state index contributed by atoms with van der Waals surface area (Å²) in [5, 5.41) is 3.72. The first kappa shape index (κ1) is 13.3. The van der Waals surface area contributed by atoms with Gasteiger partial charge in [-0.15, -0.1) is 11.3 Å². The lowest BCUT2D eigenvalue weighted by molar-refractivity contribution is 0.392. The quantitative estimate of drug-likeness (QED) is 0.744. The lowest BCUT2D eigenvalue weighted by Crippen LogP contribution is -2.04. The summed E-state index contributed by atoms with van der Waals surface area (Å²) in [5.74, 6) is 0.401. The van der Waals surface area contributed by atoms with E-state index in [9.17, 15) is 8.42 Å². The normalized spacial score (nSPS) is 12.1. The second kappa shape index (κ2) is 4.68. The first-order chi connectivity index (χ1) is 9.44. The Morgan fingerprint density at radius 3 is 2.75 bits per heavy atom. The average molecular weight is 308 g/mol. The van der Waals surface area contributed by atoms with Gasteiger partial charge in [0.05, 0.1) is 15.9 Å². The van der Waals surface area contributed by atoms with E-state index in [1.54, 1.807) is 13.0 Å². The van der Waals surface area contributed by atoms with Crippen LogP contribution < -0.4 is 0 Å². The lowest BCUT2D eigenvalue weighted by atomic mass is 10.2. The molecule has 0 spiro atoms. The van der Waals surface area contributed by atoms with Gasteiger partial charge in [-0.1, -0.05) is 11.2 Å². The molecule has 7 heteroatoms. The highest BCUT2D eigenvalue weighted by atomic mass is 32.2. The molecule has 0 bridgehead atoms. The van der Waals surface area contributed by atoms with Crippen LogP contribution in [0.5, 0.6) is 0 Å². The zero-order valence-electron chi connectivity index (χ0n) is 11.0. The summed E-state index contributed by atoms with van der Waals surface area (Å²) in [5.41, 5.74) is 2.17. The molecular weight excluding hydrogens is 296 g/mol. The zero-order valence-corrected chi connectivity index (χ0v) is 12.6. The summed E-state index contributed by atoms with van der Waals surface area (Å²) in [6, 6.07) is 7.33. The molecule has 0 fully saturated rings. The van der Waals surface area contributed by atoms with Crippen molar-refractivity contribution in [1.82, 2.24) is 10.1 Å². The van der Waals surface area contributed by atoms with Crippen molar-refractivity contribution in [3.8, 4) is 0 Å². The Labute approximate surface area is 120 Å². The first-order valence-electron chi connectivity index (χ1n) is 5.96. The summed E-state index contributed by atoms with van der Waals surface area (Å²) < 4.78 is 30.5. The number of sulfone groups is 1. The summed E-state index contributed by atoms with van der Waals surface area (Å²) in [6.07, 6.45) is 0. The number of aromatic nitrogens is 2. The predicted octanol–water partition coefficient (Wildman–Crippen LogP) is 2.88. The fourth-order valence-electron chi connectivity index (χ4n) is 1.89. The topological polar surface area (TPSA) is 73.1 Å². The van der Waals surface area contributed by atoms with E-state index in [-0.39, 0.29) is 10.1 Å². The molecule has 2 heterocycles. The molecule has 5 nitrogen and oxygen atoms in total. The van der Waals surface area contributed by atoms with Gasteiger partial charge in [0.1, 0.15) is 11.5 Å². The molecule has 0 saturated carbocycles. The molecule has 0 atom stereocenters.